The average molecular weight is 1240 g/mol. The molecule has 0 saturated carbocycles. The topological polar surface area (TPSA) is 32.8 Å². The van der Waals surface area contributed by atoms with Gasteiger partial charge in [0, 0.05) is 82.7 Å². The number of nitrogens with zero attached hydrogens (tertiary/aromatic N) is 2. The monoisotopic (exact) mass is 1230 g/mol. The molecule has 448 valence electrons. The third kappa shape index (κ3) is 10.6. The molecule has 15 aromatic carbocycles. The molecule has 0 amide bonds. The van der Waals surface area contributed by atoms with E-state index in [9.17, 15) is 0 Å². The Morgan fingerprint density at radius 3 is 0.842 bits per heavy atom. The zero-order chi connectivity index (χ0) is 63.2. The van der Waals surface area contributed by atoms with E-state index in [2.05, 4.69) is 356 Å². The number of benzene rings is 15. The van der Waals surface area contributed by atoms with Gasteiger partial charge in [0.25, 0.3) is 0 Å². The highest BCUT2D eigenvalue weighted by Crippen LogP contribution is 2.53. The van der Waals surface area contributed by atoms with Gasteiger partial charge >= 0.3 is 0 Å². The third-order valence-electron chi connectivity index (χ3n) is 18.2. The Labute approximate surface area is 556 Å². The molecule has 0 radical (unpaired) electrons. The second-order valence-corrected chi connectivity index (χ2v) is 24.5. The molecule has 0 spiro atoms. The van der Waals surface area contributed by atoms with Crippen LogP contribution in [-0.2, 0) is 0 Å². The fourth-order valence-electron chi connectivity index (χ4n) is 13.9. The largest absolute Gasteiger partial charge is 0.455 e. The first-order chi connectivity index (χ1) is 47.0. The molecule has 4 nitrogen and oxygen atoms in total. The molecule has 0 aliphatic rings. The quantitative estimate of drug-likeness (QED) is 0.109. The first-order valence-corrected chi connectivity index (χ1v) is 32.5. The summed E-state index contributed by atoms with van der Waals surface area (Å²) in [6, 6.07) is 128. The average Bonchev–Trinajstić information content (AvgIpc) is 1.76. The lowest BCUT2D eigenvalue weighted by atomic mass is 9.93. The summed E-state index contributed by atoms with van der Waals surface area (Å²) >= 11 is 7.93. The van der Waals surface area contributed by atoms with Gasteiger partial charge in [-0.25, -0.2) is 0 Å². The Hall–Kier alpha value is -12.2. The van der Waals surface area contributed by atoms with Crippen LogP contribution in [0.5, 0.6) is 0 Å². The number of hydrogen-bond donors (Lipinski definition) is 0. The summed E-state index contributed by atoms with van der Waals surface area (Å²) in [5.41, 5.74) is 25.9. The number of para-hydroxylation sites is 4. The minimum atomic E-state index is 0.561. The highest BCUT2D eigenvalue weighted by molar-refractivity contribution is 6.31. The SMILES string of the molecule is Clc1cc(N(c2cccc(-c3cc(-c4ccccc4)c4oc5ccccc5c4c3)c2)c2c(-c3ccccc3)cccc2-c2ccccc2)cc(N(c2cccc(-c3cc(-c4ccccc4)c4oc5ccccc5c4c3)c2)c2c(-c3ccccc3)cccc2-c2ccccc2)c1. The summed E-state index contributed by atoms with van der Waals surface area (Å²) in [4.78, 5) is 4.86. The van der Waals surface area contributed by atoms with Gasteiger partial charge in [0.05, 0.1) is 11.4 Å². The molecule has 0 bridgehead atoms. The molecule has 0 fully saturated rings. The van der Waals surface area contributed by atoms with E-state index in [4.69, 9.17) is 20.4 Å². The number of hydrogen-bond acceptors (Lipinski definition) is 4. The zero-order valence-corrected chi connectivity index (χ0v) is 52.4. The van der Waals surface area contributed by atoms with Crippen LogP contribution in [0.25, 0.3) is 133 Å². The maximum atomic E-state index is 7.93. The lowest BCUT2D eigenvalue weighted by Crippen LogP contribution is -2.16. The molecular formula is C90H59ClN2O2. The fourth-order valence-corrected chi connectivity index (χ4v) is 14.1. The Bertz CT molecular complexity index is 5210. The van der Waals surface area contributed by atoms with Crippen molar-refractivity contribution in [1.82, 2.24) is 0 Å². The van der Waals surface area contributed by atoms with Gasteiger partial charge in [0.15, 0.2) is 0 Å². The number of anilines is 6. The van der Waals surface area contributed by atoms with E-state index in [0.717, 1.165) is 167 Å². The van der Waals surface area contributed by atoms with Gasteiger partial charge in [0.1, 0.15) is 22.3 Å². The second kappa shape index (κ2) is 24.4. The van der Waals surface area contributed by atoms with Crippen LogP contribution in [0.15, 0.2) is 367 Å². The molecular weight excluding hydrogens is 1180 g/mol. The maximum absolute atomic E-state index is 7.93. The van der Waals surface area contributed by atoms with Gasteiger partial charge in [-0.3, -0.25) is 0 Å². The van der Waals surface area contributed by atoms with Crippen LogP contribution in [-0.4, -0.2) is 0 Å². The molecule has 5 heteroatoms. The number of furan rings is 2. The molecule has 17 aromatic rings. The van der Waals surface area contributed by atoms with Crippen molar-refractivity contribution in [3.8, 4) is 89.0 Å². The molecule has 95 heavy (non-hydrogen) atoms. The van der Waals surface area contributed by atoms with Gasteiger partial charge in [-0.2, -0.15) is 0 Å². The number of rotatable bonds is 14. The van der Waals surface area contributed by atoms with Crippen molar-refractivity contribution in [3.05, 3.63) is 363 Å². The van der Waals surface area contributed by atoms with Crippen LogP contribution >= 0.6 is 11.6 Å². The molecule has 0 aliphatic carbocycles. The van der Waals surface area contributed by atoms with E-state index in [1.807, 2.05) is 12.1 Å². The molecule has 0 N–H and O–H groups in total. The standard InChI is InChI=1S/C90H59ClN2O2/c91-70-57-73(92(87-75(60-27-7-1-8-28-60)45-25-46-76(87)61-29-9-2-10-30-61)71-41-23-39-66(51-71)68-53-81(64-35-15-5-16-36-64)89-83(55-68)79-43-19-21-49-85(79)94-89)59-74(58-70)93(88-77(62-31-11-3-12-32-62)47-26-48-78(88)63-33-13-4-14-34-63)72-42-24-40-67(52-72)69-54-82(65-37-17-6-18-38-65)90-84(56-69)80-44-20-22-50-86(80)95-90/h1-59H. The first-order valence-electron chi connectivity index (χ1n) is 32.1. The molecule has 0 unspecified atom stereocenters. The Balaban J connectivity index is 0.936. The highest BCUT2D eigenvalue weighted by Gasteiger charge is 2.28. The van der Waals surface area contributed by atoms with Crippen LogP contribution in [0.4, 0.5) is 34.1 Å². The summed E-state index contributed by atoms with van der Waals surface area (Å²) in [7, 11) is 0. The molecule has 0 saturated heterocycles. The highest BCUT2D eigenvalue weighted by atomic mass is 35.5. The Morgan fingerprint density at radius 2 is 0.495 bits per heavy atom. The van der Waals surface area contributed by atoms with Crippen molar-refractivity contribution >= 4 is 89.6 Å². The van der Waals surface area contributed by atoms with Crippen molar-refractivity contribution in [1.29, 1.82) is 0 Å². The van der Waals surface area contributed by atoms with Crippen LogP contribution < -0.4 is 9.80 Å². The lowest BCUT2D eigenvalue weighted by Gasteiger charge is -2.34. The molecule has 0 atom stereocenters. The van der Waals surface area contributed by atoms with E-state index in [-0.39, 0.29) is 0 Å². The van der Waals surface area contributed by atoms with Gasteiger partial charge in [-0.05, 0) is 134 Å². The minimum absolute atomic E-state index is 0.561. The predicted molar refractivity (Wildman–Crippen MR) is 399 cm³/mol. The smallest absolute Gasteiger partial charge is 0.143 e. The Morgan fingerprint density at radius 1 is 0.200 bits per heavy atom. The predicted octanol–water partition coefficient (Wildman–Crippen LogP) is 26.4. The van der Waals surface area contributed by atoms with E-state index >= 15 is 0 Å². The van der Waals surface area contributed by atoms with Crippen molar-refractivity contribution in [3.63, 3.8) is 0 Å². The van der Waals surface area contributed by atoms with Crippen LogP contribution in [0.3, 0.4) is 0 Å². The van der Waals surface area contributed by atoms with E-state index < -0.39 is 0 Å². The molecule has 17 rings (SSSR count). The van der Waals surface area contributed by atoms with E-state index in [1.165, 1.54) is 0 Å². The van der Waals surface area contributed by atoms with Gasteiger partial charge in [0.2, 0.25) is 0 Å². The first kappa shape index (κ1) is 56.7. The summed E-state index contributed by atoms with van der Waals surface area (Å²) in [5, 5.41) is 4.81. The minimum Gasteiger partial charge on any atom is -0.455 e. The fraction of sp³-hybridized carbons (Fsp3) is 0. The summed E-state index contributed by atoms with van der Waals surface area (Å²) in [6.07, 6.45) is 0. The van der Waals surface area contributed by atoms with Gasteiger partial charge in [-0.1, -0.05) is 291 Å². The summed E-state index contributed by atoms with van der Waals surface area (Å²) in [5.74, 6) is 0. The van der Waals surface area contributed by atoms with Crippen LogP contribution in [0, 0.1) is 0 Å². The Kier molecular flexibility index (Phi) is 14.6. The third-order valence-corrected chi connectivity index (χ3v) is 18.5. The van der Waals surface area contributed by atoms with Gasteiger partial charge in [-0.15, -0.1) is 0 Å². The van der Waals surface area contributed by atoms with E-state index in [0.29, 0.717) is 5.02 Å². The maximum Gasteiger partial charge on any atom is 0.143 e. The second-order valence-electron chi connectivity index (χ2n) is 24.0. The van der Waals surface area contributed by atoms with Crippen molar-refractivity contribution in [2.24, 2.45) is 0 Å². The normalized spacial score (nSPS) is 11.4. The molecule has 2 heterocycles. The molecule has 0 aliphatic heterocycles. The number of halogens is 1. The van der Waals surface area contributed by atoms with Crippen LogP contribution in [0.2, 0.25) is 5.02 Å². The van der Waals surface area contributed by atoms with Crippen molar-refractivity contribution < 1.29 is 8.83 Å². The van der Waals surface area contributed by atoms with Crippen molar-refractivity contribution in [2.45, 2.75) is 0 Å². The number of fused-ring (bicyclic) bond motifs is 6. The summed E-state index contributed by atoms with van der Waals surface area (Å²) in [6.45, 7) is 0. The summed E-state index contributed by atoms with van der Waals surface area (Å²) < 4.78 is 13.5. The van der Waals surface area contributed by atoms with Gasteiger partial charge < -0.3 is 18.6 Å². The zero-order valence-electron chi connectivity index (χ0n) is 51.7. The van der Waals surface area contributed by atoms with E-state index in [1.54, 1.807) is 0 Å². The van der Waals surface area contributed by atoms with Crippen molar-refractivity contribution in [2.75, 3.05) is 9.80 Å². The lowest BCUT2D eigenvalue weighted by molar-refractivity contribution is 0.669. The van der Waals surface area contributed by atoms with Crippen LogP contribution in [0.1, 0.15) is 0 Å². The molecule has 2 aromatic heterocycles.